The highest BCUT2D eigenvalue weighted by Crippen LogP contribution is 2.32. The van der Waals surface area contributed by atoms with Crippen LogP contribution < -0.4 is 0 Å². The van der Waals surface area contributed by atoms with Crippen molar-refractivity contribution in [2.45, 2.75) is 57.9 Å². The van der Waals surface area contributed by atoms with Crippen molar-refractivity contribution in [3.63, 3.8) is 0 Å². The SMILES string of the molecule is O=C(C1CCC1)N1CCCC(Cc2nncn2CC2CC2)C1. The molecule has 1 saturated heterocycles. The summed E-state index contributed by atoms with van der Waals surface area (Å²) in [6.45, 7) is 2.96. The maximum Gasteiger partial charge on any atom is 0.225 e. The zero-order valence-electron chi connectivity index (χ0n) is 13.3. The predicted molar refractivity (Wildman–Crippen MR) is 83.1 cm³/mol. The van der Waals surface area contributed by atoms with Gasteiger partial charge in [0.05, 0.1) is 0 Å². The van der Waals surface area contributed by atoms with Crippen LogP contribution in [0, 0.1) is 17.8 Å². The van der Waals surface area contributed by atoms with Gasteiger partial charge in [0.15, 0.2) is 0 Å². The first-order chi connectivity index (χ1) is 10.8. The maximum absolute atomic E-state index is 12.4. The van der Waals surface area contributed by atoms with Crippen molar-refractivity contribution in [1.29, 1.82) is 0 Å². The number of piperidine rings is 1. The molecule has 1 aliphatic heterocycles. The van der Waals surface area contributed by atoms with Crippen LogP contribution in [0.4, 0.5) is 0 Å². The lowest BCUT2D eigenvalue weighted by molar-refractivity contribution is -0.140. The molecule has 3 fully saturated rings. The molecule has 0 bridgehead atoms. The molecule has 1 amide bonds. The first kappa shape index (κ1) is 14.2. The zero-order valence-corrected chi connectivity index (χ0v) is 13.3. The van der Waals surface area contributed by atoms with Crippen LogP contribution in [0.5, 0.6) is 0 Å². The van der Waals surface area contributed by atoms with Crippen LogP contribution in [-0.4, -0.2) is 38.7 Å². The van der Waals surface area contributed by atoms with Gasteiger partial charge in [0.2, 0.25) is 5.91 Å². The summed E-state index contributed by atoms with van der Waals surface area (Å²) in [6.07, 6.45) is 11.4. The standard InChI is InChI=1S/C17H26N4O/c22-17(15-4-1-5-15)20-8-2-3-14(11-20)9-16-19-18-12-21(16)10-13-6-7-13/h12-15H,1-11H2. The lowest BCUT2D eigenvalue weighted by Gasteiger charge is -2.37. The van der Waals surface area contributed by atoms with Crippen molar-refractivity contribution in [2.75, 3.05) is 13.1 Å². The van der Waals surface area contributed by atoms with Crippen LogP contribution in [0.3, 0.4) is 0 Å². The Morgan fingerprint density at radius 1 is 1.14 bits per heavy atom. The van der Waals surface area contributed by atoms with Gasteiger partial charge in [0.1, 0.15) is 12.2 Å². The van der Waals surface area contributed by atoms with Gasteiger partial charge in [0, 0.05) is 32.0 Å². The van der Waals surface area contributed by atoms with Gasteiger partial charge >= 0.3 is 0 Å². The predicted octanol–water partition coefficient (Wildman–Crippen LogP) is 2.27. The third kappa shape index (κ3) is 3.03. The lowest BCUT2D eigenvalue weighted by atomic mass is 9.83. The van der Waals surface area contributed by atoms with E-state index in [0.29, 0.717) is 17.7 Å². The summed E-state index contributed by atoms with van der Waals surface area (Å²) in [6, 6.07) is 0. The number of carbonyl (C=O) groups is 1. The smallest absolute Gasteiger partial charge is 0.225 e. The molecule has 5 nitrogen and oxygen atoms in total. The Labute approximate surface area is 132 Å². The quantitative estimate of drug-likeness (QED) is 0.838. The Morgan fingerprint density at radius 3 is 2.73 bits per heavy atom. The lowest BCUT2D eigenvalue weighted by Crippen LogP contribution is -2.45. The monoisotopic (exact) mass is 302 g/mol. The number of hydrogen-bond acceptors (Lipinski definition) is 3. The van der Waals surface area contributed by atoms with E-state index in [9.17, 15) is 4.79 Å². The summed E-state index contributed by atoms with van der Waals surface area (Å²) in [5.74, 6) is 3.26. The maximum atomic E-state index is 12.4. The van der Waals surface area contributed by atoms with Crippen LogP contribution in [0.25, 0.3) is 0 Å². The molecule has 3 aliphatic rings. The van der Waals surface area contributed by atoms with E-state index in [1.54, 1.807) is 0 Å². The van der Waals surface area contributed by atoms with Gasteiger partial charge in [-0.3, -0.25) is 4.79 Å². The van der Waals surface area contributed by atoms with E-state index in [1.807, 2.05) is 6.33 Å². The molecule has 2 aliphatic carbocycles. The van der Waals surface area contributed by atoms with Crippen LogP contribution >= 0.6 is 0 Å². The Bertz CT molecular complexity index is 533. The second-order valence-corrected chi connectivity index (χ2v) is 7.47. The second kappa shape index (κ2) is 6.01. The Balaban J connectivity index is 1.35. The van der Waals surface area contributed by atoms with Crippen LogP contribution in [-0.2, 0) is 17.8 Å². The fourth-order valence-corrected chi connectivity index (χ4v) is 3.77. The molecule has 22 heavy (non-hydrogen) atoms. The molecule has 5 heteroatoms. The van der Waals surface area contributed by atoms with Gasteiger partial charge in [-0.05, 0) is 50.4 Å². The fraction of sp³-hybridized carbons (Fsp3) is 0.824. The zero-order chi connectivity index (χ0) is 14.9. The molecule has 1 aromatic rings. The van der Waals surface area contributed by atoms with Gasteiger partial charge in [-0.1, -0.05) is 6.42 Å². The van der Waals surface area contributed by atoms with Crippen LogP contribution in [0.2, 0.25) is 0 Å². The van der Waals surface area contributed by atoms with E-state index in [0.717, 1.165) is 57.1 Å². The van der Waals surface area contributed by atoms with E-state index >= 15 is 0 Å². The van der Waals surface area contributed by atoms with Crippen LogP contribution in [0.1, 0.15) is 50.8 Å². The fourth-order valence-electron chi connectivity index (χ4n) is 3.77. The summed E-state index contributed by atoms with van der Waals surface area (Å²) >= 11 is 0. The largest absolute Gasteiger partial charge is 0.342 e. The highest BCUT2D eigenvalue weighted by atomic mass is 16.2. The van der Waals surface area contributed by atoms with E-state index < -0.39 is 0 Å². The van der Waals surface area contributed by atoms with Gasteiger partial charge in [0.25, 0.3) is 0 Å². The van der Waals surface area contributed by atoms with Crippen molar-refractivity contribution in [3.8, 4) is 0 Å². The highest BCUT2D eigenvalue weighted by molar-refractivity contribution is 5.79. The van der Waals surface area contributed by atoms with Gasteiger partial charge < -0.3 is 9.47 Å². The number of aromatic nitrogens is 3. The summed E-state index contributed by atoms with van der Waals surface area (Å²) in [5.41, 5.74) is 0. The average Bonchev–Trinajstić information content (AvgIpc) is 3.18. The topological polar surface area (TPSA) is 51.0 Å². The highest BCUT2D eigenvalue weighted by Gasteiger charge is 2.32. The van der Waals surface area contributed by atoms with Crippen molar-refractivity contribution >= 4 is 5.91 Å². The molecule has 120 valence electrons. The number of nitrogens with zero attached hydrogens (tertiary/aromatic N) is 4. The Kier molecular flexibility index (Phi) is 3.89. The summed E-state index contributed by atoms with van der Waals surface area (Å²) in [7, 11) is 0. The first-order valence-corrected chi connectivity index (χ1v) is 8.95. The van der Waals surface area contributed by atoms with Crippen molar-refractivity contribution in [1.82, 2.24) is 19.7 Å². The van der Waals surface area contributed by atoms with Crippen molar-refractivity contribution in [2.24, 2.45) is 17.8 Å². The minimum atomic E-state index is 0.331. The number of rotatable bonds is 5. The van der Waals surface area contributed by atoms with E-state index in [4.69, 9.17) is 0 Å². The van der Waals surface area contributed by atoms with Crippen molar-refractivity contribution < 1.29 is 4.79 Å². The molecular formula is C17H26N4O. The third-order valence-electron chi connectivity index (χ3n) is 5.60. The van der Waals surface area contributed by atoms with E-state index in [1.165, 1.54) is 25.7 Å². The molecule has 1 atom stereocenters. The van der Waals surface area contributed by atoms with E-state index in [-0.39, 0.29) is 0 Å². The van der Waals surface area contributed by atoms with Crippen LogP contribution in [0.15, 0.2) is 6.33 Å². The molecule has 2 saturated carbocycles. The Morgan fingerprint density at radius 2 is 2.00 bits per heavy atom. The van der Waals surface area contributed by atoms with Gasteiger partial charge in [-0.25, -0.2) is 0 Å². The molecule has 0 radical (unpaired) electrons. The molecule has 2 heterocycles. The molecule has 0 N–H and O–H groups in total. The number of amides is 1. The normalized spacial score (nSPS) is 26.0. The molecule has 0 aromatic carbocycles. The average molecular weight is 302 g/mol. The van der Waals surface area contributed by atoms with Gasteiger partial charge in [-0.15, -0.1) is 10.2 Å². The summed E-state index contributed by atoms with van der Waals surface area (Å²) in [5, 5.41) is 8.44. The molecule has 1 aromatic heterocycles. The molecule has 0 spiro atoms. The number of hydrogen-bond donors (Lipinski definition) is 0. The molecule has 1 unspecified atom stereocenters. The first-order valence-electron chi connectivity index (χ1n) is 8.95. The summed E-state index contributed by atoms with van der Waals surface area (Å²) < 4.78 is 2.24. The third-order valence-corrected chi connectivity index (χ3v) is 5.60. The number of carbonyl (C=O) groups excluding carboxylic acids is 1. The minimum Gasteiger partial charge on any atom is -0.342 e. The Hall–Kier alpha value is -1.39. The minimum absolute atomic E-state index is 0.331. The van der Waals surface area contributed by atoms with Gasteiger partial charge in [-0.2, -0.15) is 0 Å². The molecule has 4 rings (SSSR count). The van der Waals surface area contributed by atoms with Crippen molar-refractivity contribution in [3.05, 3.63) is 12.2 Å². The number of likely N-dealkylation sites (tertiary alicyclic amines) is 1. The second-order valence-electron chi connectivity index (χ2n) is 7.47. The molecular weight excluding hydrogens is 276 g/mol. The summed E-state index contributed by atoms with van der Waals surface area (Å²) in [4.78, 5) is 14.6. The van der Waals surface area contributed by atoms with E-state index in [2.05, 4.69) is 19.7 Å².